The highest BCUT2D eigenvalue weighted by molar-refractivity contribution is 6.64. The topological polar surface area (TPSA) is 195 Å². The Hall–Kier alpha value is -5.71. The first-order valence-corrected chi connectivity index (χ1v) is 23.1. The van der Waals surface area contributed by atoms with Crippen LogP contribution >= 0.6 is 11.6 Å². The molecule has 17 heteroatoms. The van der Waals surface area contributed by atoms with Crippen LogP contribution in [0.25, 0.3) is 0 Å². The zero-order valence-corrected chi connectivity index (χ0v) is 38.6. The van der Waals surface area contributed by atoms with Crippen LogP contribution in [0, 0.1) is 11.8 Å². The summed E-state index contributed by atoms with van der Waals surface area (Å²) in [6, 6.07) is 21.2. The fraction of sp³-hybridized carbons (Fsp3) is 0.500. The van der Waals surface area contributed by atoms with E-state index < -0.39 is 0 Å². The van der Waals surface area contributed by atoms with Crippen molar-refractivity contribution in [3.8, 4) is 0 Å². The normalized spacial score (nSPS) is 27.1. The minimum absolute atomic E-state index is 0.00890. The highest BCUT2D eigenvalue weighted by atomic mass is 35.5. The molecule has 2 aromatic carbocycles. The van der Waals surface area contributed by atoms with Gasteiger partial charge in [0.25, 0.3) is 0 Å². The zero-order valence-electron chi connectivity index (χ0n) is 37.8. The van der Waals surface area contributed by atoms with Gasteiger partial charge in [-0.3, -0.25) is 34.5 Å². The van der Waals surface area contributed by atoms with E-state index in [-0.39, 0.29) is 69.1 Å². The van der Waals surface area contributed by atoms with Crippen LogP contribution in [-0.4, -0.2) is 105 Å². The monoisotopic (exact) mass is 904 g/mol. The Morgan fingerprint density at radius 3 is 1.35 bits per heavy atom. The number of amides is 5. The number of rotatable bonds is 9. The van der Waals surface area contributed by atoms with Crippen LogP contribution in [0.3, 0.4) is 0 Å². The van der Waals surface area contributed by atoms with E-state index in [0.717, 1.165) is 77.0 Å². The predicted molar refractivity (Wildman–Crippen MR) is 251 cm³/mol. The maximum atomic E-state index is 12.9. The summed E-state index contributed by atoms with van der Waals surface area (Å²) in [5.41, 5.74) is 9.12. The second kappa shape index (κ2) is 18.6. The van der Waals surface area contributed by atoms with E-state index in [2.05, 4.69) is 135 Å². The van der Waals surface area contributed by atoms with Crippen LogP contribution in [-0.2, 0) is 20.7 Å². The number of nitrogen functional groups attached to an aromatic ring is 1. The summed E-state index contributed by atoms with van der Waals surface area (Å²) in [5.74, 6) is 0.798. The summed E-state index contributed by atoms with van der Waals surface area (Å²) < 4.78 is 0. The second-order valence-corrected chi connectivity index (χ2v) is 19.5. The van der Waals surface area contributed by atoms with Crippen molar-refractivity contribution in [2.45, 2.75) is 99.2 Å². The average Bonchev–Trinajstić information content (AvgIpc) is 4.26. The van der Waals surface area contributed by atoms with Crippen molar-refractivity contribution >= 4 is 58.1 Å². The molecule has 344 valence electrons. The minimum atomic E-state index is -0.246. The molecule has 0 unspecified atom stereocenters. The molecule has 4 aromatic rings. The lowest BCUT2D eigenvalue weighted by molar-refractivity contribution is -0.117. The van der Waals surface area contributed by atoms with Crippen LogP contribution in [0.2, 0.25) is 0 Å². The molecule has 4 aliphatic carbocycles. The first-order valence-electron chi connectivity index (χ1n) is 22.7. The third kappa shape index (κ3) is 9.94. The SMILES string of the molecule is CN(C)C1(c2ccccc2)CCC2(CC1)CN(c1cnc(N)nc1)C(=O)N2.CN(C)C1(c2ccccc2)CCC2(CC1)CN(c1cnc(NC(=O)C3CC3)nc1)C(=O)N2.O=C(Cl)C1CC1. The number of anilines is 4. The molecular formula is C48H61ClN12O4. The summed E-state index contributed by atoms with van der Waals surface area (Å²) in [4.78, 5) is 72.0. The molecule has 65 heavy (non-hydrogen) atoms. The number of carbonyl (C=O) groups is 4. The van der Waals surface area contributed by atoms with E-state index in [1.807, 2.05) is 0 Å². The highest BCUT2D eigenvalue weighted by Gasteiger charge is 2.52. The molecule has 5 N–H and O–H groups in total. The van der Waals surface area contributed by atoms with Crippen molar-refractivity contribution in [2.24, 2.45) is 11.8 Å². The summed E-state index contributed by atoms with van der Waals surface area (Å²) in [5, 5.41) is 9.08. The van der Waals surface area contributed by atoms with E-state index >= 15 is 0 Å². The van der Waals surface area contributed by atoms with Crippen molar-refractivity contribution in [1.82, 2.24) is 40.4 Å². The Balaban J connectivity index is 0.000000159. The predicted octanol–water partition coefficient (Wildman–Crippen LogP) is 6.64. The van der Waals surface area contributed by atoms with Gasteiger partial charge in [-0.2, -0.15) is 0 Å². The van der Waals surface area contributed by atoms with Crippen molar-refractivity contribution in [3.05, 3.63) is 96.6 Å². The van der Waals surface area contributed by atoms with Gasteiger partial charge in [-0.15, -0.1) is 0 Å². The molecule has 6 aliphatic rings. The smallest absolute Gasteiger partial charge is 0.322 e. The molecule has 10 rings (SSSR count). The average molecular weight is 906 g/mol. The third-order valence-corrected chi connectivity index (χ3v) is 14.9. The van der Waals surface area contributed by atoms with Crippen LogP contribution in [0.4, 0.5) is 32.9 Å². The first kappa shape index (κ1) is 45.8. The second-order valence-electron chi connectivity index (χ2n) is 19.1. The lowest BCUT2D eigenvalue weighted by Crippen LogP contribution is -2.54. The quantitative estimate of drug-likeness (QED) is 0.132. The van der Waals surface area contributed by atoms with Gasteiger partial charge in [0.1, 0.15) is 0 Å². The Labute approximate surface area is 386 Å². The number of nitrogens with zero attached hydrogens (tertiary/aromatic N) is 8. The summed E-state index contributed by atoms with van der Waals surface area (Å²) in [6.07, 6.45) is 17.9. The van der Waals surface area contributed by atoms with Crippen molar-refractivity contribution < 1.29 is 19.2 Å². The summed E-state index contributed by atoms with van der Waals surface area (Å²) in [6.45, 7) is 1.23. The number of aromatic nitrogens is 4. The van der Waals surface area contributed by atoms with Gasteiger partial charge in [-0.1, -0.05) is 60.7 Å². The Bertz CT molecular complexity index is 2310. The van der Waals surface area contributed by atoms with Gasteiger partial charge in [-0.25, -0.2) is 29.5 Å². The first-order chi connectivity index (χ1) is 31.2. The van der Waals surface area contributed by atoms with E-state index in [1.165, 1.54) is 11.1 Å². The largest absolute Gasteiger partial charge is 0.368 e. The molecule has 16 nitrogen and oxygen atoms in total. The van der Waals surface area contributed by atoms with Crippen molar-refractivity contribution in [3.63, 3.8) is 0 Å². The Morgan fingerprint density at radius 1 is 0.631 bits per heavy atom. The Kier molecular flexibility index (Phi) is 13.2. The van der Waals surface area contributed by atoms with Gasteiger partial charge in [-0.05, 0) is 128 Å². The standard InChI is InChI=1S/C24H30N6O2.C20H26N6O.C4H5ClO/c1-29(2)24(18-6-4-3-5-7-18)12-10-23(11-13-24)16-30(22(32)28-23)19-14-25-21(26-15-19)27-20(31)17-8-9-17;1-25(2)20(15-6-4-3-5-7-15)10-8-19(9-11-20)14-26(18(27)24-19)16-12-22-17(21)23-13-16;5-4(6)3-1-2-3/h3-7,14-15,17H,8-13,16H2,1-2H3,(H,28,32)(H,25,26,27,31);3-7,12-13H,8-11,14H2,1-2H3,(H,24,27)(H2,21,22,23);3H,1-2H2. The van der Waals surface area contributed by atoms with Crippen LogP contribution in [0.15, 0.2) is 85.5 Å². The number of nitrogens with two attached hydrogens (primary N) is 1. The lowest BCUT2D eigenvalue weighted by Gasteiger charge is -2.48. The molecule has 4 heterocycles. The molecule has 2 aromatic heterocycles. The van der Waals surface area contributed by atoms with Gasteiger partial charge < -0.3 is 16.4 Å². The van der Waals surface area contributed by atoms with E-state index in [1.54, 1.807) is 34.6 Å². The molecule has 0 bridgehead atoms. The van der Waals surface area contributed by atoms with E-state index in [0.29, 0.717) is 24.5 Å². The lowest BCUT2D eigenvalue weighted by atomic mass is 9.69. The number of nitrogens with one attached hydrogen (secondary N) is 3. The fourth-order valence-electron chi connectivity index (χ4n) is 10.0. The number of hydrogen-bond donors (Lipinski definition) is 4. The molecule has 2 spiro atoms. The number of urea groups is 2. The molecule has 2 saturated heterocycles. The zero-order chi connectivity index (χ0) is 46.0. The minimum Gasteiger partial charge on any atom is -0.368 e. The van der Waals surface area contributed by atoms with Gasteiger partial charge >= 0.3 is 12.1 Å². The molecule has 0 atom stereocenters. The molecular weight excluding hydrogens is 844 g/mol. The Morgan fingerprint density at radius 2 is 1.02 bits per heavy atom. The molecule has 0 radical (unpaired) electrons. The summed E-state index contributed by atoms with van der Waals surface area (Å²) >= 11 is 5.04. The van der Waals surface area contributed by atoms with E-state index in [4.69, 9.17) is 17.3 Å². The number of benzene rings is 2. The summed E-state index contributed by atoms with van der Waals surface area (Å²) in [7, 11) is 8.59. The van der Waals surface area contributed by atoms with Crippen LogP contribution in [0.5, 0.6) is 0 Å². The fourth-order valence-corrected chi connectivity index (χ4v) is 10.3. The van der Waals surface area contributed by atoms with Gasteiger partial charge in [0.05, 0.1) is 60.3 Å². The maximum absolute atomic E-state index is 12.9. The molecule has 5 amide bonds. The van der Waals surface area contributed by atoms with Crippen LogP contribution in [0.1, 0.15) is 88.2 Å². The molecule has 6 fully saturated rings. The van der Waals surface area contributed by atoms with Crippen molar-refractivity contribution in [2.75, 3.05) is 62.1 Å². The van der Waals surface area contributed by atoms with Crippen LogP contribution < -0.4 is 31.5 Å². The van der Waals surface area contributed by atoms with Crippen molar-refractivity contribution in [1.29, 1.82) is 0 Å². The van der Waals surface area contributed by atoms with Gasteiger partial charge in [0.2, 0.25) is 23.0 Å². The number of hydrogen-bond acceptors (Lipinski definition) is 11. The molecule has 4 saturated carbocycles. The number of carbonyl (C=O) groups excluding carboxylic acids is 4. The van der Waals surface area contributed by atoms with E-state index in [9.17, 15) is 19.2 Å². The third-order valence-electron chi connectivity index (χ3n) is 14.6. The van der Waals surface area contributed by atoms with Gasteiger partial charge in [0.15, 0.2) is 0 Å². The highest BCUT2D eigenvalue weighted by Crippen LogP contribution is 2.48. The number of halogens is 1. The maximum Gasteiger partial charge on any atom is 0.322 e. The van der Waals surface area contributed by atoms with Gasteiger partial charge in [0, 0.05) is 22.9 Å². The molecule has 2 aliphatic heterocycles.